The van der Waals surface area contributed by atoms with E-state index in [4.69, 9.17) is 5.73 Å². The van der Waals surface area contributed by atoms with Gasteiger partial charge in [-0.05, 0) is 18.8 Å². The summed E-state index contributed by atoms with van der Waals surface area (Å²) in [6, 6.07) is 0. The molecule has 0 spiro atoms. The van der Waals surface area contributed by atoms with Crippen LogP contribution in [0.1, 0.15) is 31.4 Å². The Kier molecular flexibility index (Phi) is 2.31. The van der Waals surface area contributed by atoms with Crippen molar-refractivity contribution in [3.63, 3.8) is 0 Å². The first-order valence-corrected chi connectivity index (χ1v) is 4.89. The van der Waals surface area contributed by atoms with Crippen molar-refractivity contribution < 1.29 is 0 Å². The van der Waals surface area contributed by atoms with Crippen molar-refractivity contribution >= 4 is 0 Å². The molecular formula is C9H16N4. The van der Waals surface area contributed by atoms with Crippen LogP contribution in [0.15, 0.2) is 6.20 Å². The van der Waals surface area contributed by atoms with E-state index in [0.717, 1.165) is 18.2 Å². The lowest BCUT2D eigenvalue weighted by atomic mass is 10.1. The normalized spacial score (nSPS) is 18.9. The third kappa shape index (κ3) is 2.06. The Labute approximate surface area is 78.1 Å². The molecule has 1 atom stereocenters. The topological polar surface area (TPSA) is 56.7 Å². The van der Waals surface area contributed by atoms with E-state index in [9.17, 15) is 0 Å². The van der Waals surface area contributed by atoms with Crippen molar-refractivity contribution in [3.05, 3.63) is 11.9 Å². The summed E-state index contributed by atoms with van der Waals surface area (Å²) >= 11 is 0. The van der Waals surface area contributed by atoms with Gasteiger partial charge in [-0.3, -0.25) is 4.68 Å². The molecule has 0 amide bonds. The molecule has 0 saturated heterocycles. The standard InChI is InChI=1S/C9H16N4/c1-7(4-10)9-6-13(12-11-9)5-8-2-3-8/h6-8H,2-5,10H2,1H3. The van der Waals surface area contributed by atoms with Gasteiger partial charge in [-0.1, -0.05) is 12.1 Å². The molecule has 4 nitrogen and oxygen atoms in total. The van der Waals surface area contributed by atoms with Gasteiger partial charge in [-0.25, -0.2) is 0 Å². The largest absolute Gasteiger partial charge is 0.330 e. The Morgan fingerprint density at radius 1 is 1.69 bits per heavy atom. The fraction of sp³-hybridized carbons (Fsp3) is 0.778. The smallest absolute Gasteiger partial charge is 0.0867 e. The molecule has 1 aromatic rings. The van der Waals surface area contributed by atoms with Crippen LogP contribution in [-0.4, -0.2) is 21.5 Å². The molecule has 13 heavy (non-hydrogen) atoms. The third-order valence-electron chi connectivity index (χ3n) is 2.56. The van der Waals surface area contributed by atoms with Gasteiger partial charge in [-0.15, -0.1) is 5.10 Å². The van der Waals surface area contributed by atoms with Crippen LogP contribution in [0.2, 0.25) is 0 Å². The maximum atomic E-state index is 5.55. The summed E-state index contributed by atoms with van der Waals surface area (Å²) in [7, 11) is 0. The highest BCUT2D eigenvalue weighted by atomic mass is 15.4. The lowest BCUT2D eigenvalue weighted by molar-refractivity contribution is 0.544. The molecule has 2 rings (SSSR count). The molecule has 1 aliphatic carbocycles. The molecule has 0 radical (unpaired) electrons. The van der Waals surface area contributed by atoms with E-state index < -0.39 is 0 Å². The molecule has 0 aromatic carbocycles. The number of hydrogen-bond acceptors (Lipinski definition) is 3. The maximum Gasteiger partial charge on any atom is 0.0867 e. The highest BCUT2D eigenvalue weighted by molar-refractivity contribution is 5.00. The Bertz CT molecular complexity index is 277. The van der Waals surface area contributed by atoms with E-state index in [0.29, 0.717) is 12.5 Å². The summed E-state index contributed by atoms with van der Waals surface area (Å²) < 4.78 is 1.94. The van der Waals surface area contributed by atoms with E-state index in [2.05, 4.69) is 17.2 Å². The molecule has 1 aliphatic rings. The van der Waals surface area contributed by atoms with Gasteiger partial charge in [0.15, 0.2) is 0 Å². The summed E-state index contributed by atoms with van der Waals surface area (Å²) in [5.74, 6) is 1.18. The summed E-state index contributed by atoms with van der Waals surface area (Å²) in [6.07, 6.45) is 4.72. The Morgan fingerprint density at radius 2 is 2.46 bits per heavy atom. The molecule has 1 saturated carbocycles. The minimum atomic E-state index is 0.327. The molecule has 0 bridgehead atoms. The van der Waals surface area contributed by atoms with Gasteiger partial charge < -0.3 is 5.73 Å². The van der Waals surface area contributed by atoms with Crippen LogP contribution in [0, 0.1) is 5.92 Å². The van der Waals surface area contributed by atoms with Gasteiger partial charge >= 0.3 is 0 Å². The number of aromatic nitrogens is 3. The van der Waals surface area contributed by atoms with Crippen LogP contribution in [0.4, 0.5) is 0 Å². The van der Waals surface area contributed by atoms with Crippen LogP contribution in [0.5, 0.6) is 0 Å². The van der Waals surface area contributed by atoms with Crippen molar-refractivity contribution in [2.45, 2.75) is 32.2 Å². The average Bonchev–Trinajstić information content (AvgIpc) is 2.81. The van der Waals surface area contributed by atoms with Gasteiger partial charge in [-0.2, -0.15) is 0 Å². The predicted molar refractivity (Wildman–Crippen MR) is 50.2 cm³/mol. The first-order valence-electron chi connectivity index (χ1n) is 4.89. The lowest BCUT2D eigenvalue weighted by Gasteiger charge is -2.01. The Balaban J connectivity index is 1.99. The maximum absolute atomic E-state index is 5.55. The number of nitrogens with zero attached hydrogens (tertiary/aromatic N) is 3. The van der Waals surface area contributed by atoms with Gasteiger partial charge in [0.05, 0.1) is 5.69 Å². The second-order valence-electron chi connectivity index (χ2n) is 3.95. The number of nitrogens with two attached hydrogens (primary N) is 1. The molecular weight excluding hydrogens is 164 g/mol. The van der Waals surface area contributed by atoms with Gasteiger partial charge in [0.25, 0.3) is 0 Å². The zero-order valence-electron chi connectivity index (χ0n) is 7.98. The minimum Gasteiger partial charge on any atom is -0.330 e. The molecule has 1 fully saturated rings. The Hall–Kier alpha value is -0.900. The van der Waals surface area contributed by atoms with Crippen molar-refractivity contribution in [1.82, 2.24) is 15.0 Å². The van der Waals surface area contributed by atoms with E-state index in [1.165, 1.54) is 12.8 Å². The molecule has 0 aliphatic heterocycles. The highest BCUT2D eigenvalue weighted by Gasteiger charge is 2.22. The van der Waals surface area contributed by atoms with Crippen LogP contribution < -0.4 is 5.73 Å². The van der Waals surface area contributed by atoms with Crippen molar-refractivity contribution in [3.8, 4) is 0 Å². The molecule has 2 N–H and O–H groups in total. The van der Waals surface area contributed by atoms with E-state index in [1.54, 1.807) is 0 Å². The summed E-state index contributed by atoms with van der Waals surface area (Å²) in [5, 5.41) is 8.18. The SMILES string of the molecule is CC(CN)c1cn(CC2CC2)nn1. The fourth-order valence-electron chi connectivity index (χ4n) is 1.31. The first-order chi connectivity index (χ1) is 6.29. The van der Waals surface area contributed by atoms with Crippen molar-refractivity contribution in [2.75, 3.05) is 6.54 Å². The average molecular weight is 180 g/mol. The summed E-state index contributed by atoms with van der Waals surface area (Å²) in [4.78, 5) is 0. The van der Waals surface area contributed by atoms with Gasteiger partial charge in [0, 0.05) is 25.2 Å². The fourth-order valence-corrected chi connectivity index (χ4v) is 1.31. The highest BCUT2D eigenvalue weighted by Crippen LogP contribution is 2.30. The molecule has 1 unspecified atom stereocenters. The van der Waals surface area contributed by atoms with E-state index in [-0.39, 0.29) is 0 Å². The van der Waals surface area contributed by atoms with Gasteiger partial charge in [0.1, 0.15) is 0 Å². The monoisotopic (exact) mass is 180 g/mol. The van der Waals surface area contributed by atoms with Gasteiger partial charge in [0.2, 0.25) is 0 Å². The molecule has 72 valence electrons. The number of hydrogen-bond donors (Lipinski definition) is 1. The second kappa shape index (κ2) is 3.46. The second-order valence-corrected chi connectivity index (χ2v) is 3.95. The molecule has 1 aromatic heterocycles. The lowest BCUT2D eigenvalue weighted by Crippen LogP contribution is -2.09. The predicted octanol–water partition coefficient (Wildman–Crippen LogP) is 0.750. The molecule has 4 heteroatoms. The van der Waals surface area contributed by atoms with Crippen LogP contribution in [0.25, 0.3) is 0 Å². The van der Waals surface area contributed by atoms with E-state index in [1.807, 2.05) is 10.9 Å². The zero-order valence-corrected chi connectivity index (χ0v) is 7.98. The van der Waals surface area contributed by atoms with Crippen molar-refractivity contribution in [2.24, 2.45) is 11.7 Å². The van der Waals surface area contributed by atoms with Crippen LogP contribution >= 0.6 is 0 Å². The van der Waals surface area contributed by atoms with Crippen molar-refractivity contribution in [1.29, 1.82) is 0 Å². The number of rotatable bonds is 4. The first kappa shape index (κ1) is 8.69. The zero-order chi connectivity index (χ0) is 9.26. The Morgan fingerprint density at radius 3 is 3.08 bits per heavy atom. The third-order valence-corrected chi connectivity index (χ3v) is 2.56. The van der Waals surface area contributed by atoms with Crippen LogP contribution in [-0.2, 0) is 6.54 Å². The summed E-state index contributed by atoms with van der Waals surface area (Å²) in [6.45, 7) is 3.75. The summed E-state index contributed by atoms with van der Waals surface area (Å²) in [5.41, 5.74) is 6.57. The molecule has 1 heterocycles. The van der Waals surface area contributed by atoms with Crippen LogP contribution in [0.3, 0.4) is 0 Å². The van der Waals surface area contributed by atoms with E-state index >= 15 is 0 Å². The minimum absolute atomic E-state index is 0.327. The quantitative estimate of drug-likeness (QED) is 0.744.